The summed E-state index contributed by atoms with van der Waals surface area (Å²) < 4.78 is 5.10. The summed E-state index contributed by atoms with van der Waals surface area (Å²) in [6, 6.07) is -1.76. The van der Waals surface area contributed by atoms with E-state index in [4.69, 9.17) is 9.84 Å². The Morgan fingerprint density at radius 1 is 1.52 bits per heavy atom. The SMILES string of the molecule is C=CCOCC(NC(=O)C1CSCN1C(=O)CCCC)C(=O)O. The summed E-state index contributed by atoms with van der Waals surface area (Å²) in [4.78, 5) is 37.2. The first-order chi connectivity index (χ1) is 11.0. The molecule has 2 atom stereocenters. The van der Waals surface area contributed by atoms with E-state index in [1.807, 2.05) is 6.92 Å². The van der Waals surface area contributed by atoms with Gasteiger partial charge in [0.15, 0.2) is 6.04 Å². The van der Waals surface area contributed by atoms with Crippen molar-refractivity contribution in [2.45, 2.75) is 38.3 Å². The van der Waals surface area contributed by atoms with Gasteiger partial charge in [0, 0.05) is 12.2 Å². The fraction of sp³-hybridized carbons (Fsp3) is 0.667. The number of carbonyl (C=O) groups is 3. The van der Waals surface area contributed by atoms with Crippen LogP contribution in [-0.2, 0) is 19.1 Å². The van der Waals surface area contributed by atoms with Gasteiger partial charge < -0.3 is 20.1 Å². The van der Waals surface area contributed by atoms with Crippen LogP contribution in [0.4, 0.5) is 0 Å². The van der Waals surface area contributed by atoms with Crippen molar-refractivity contribution in [2.75, 3.05) is 24.8 Å². The Bertz CT molecular complexity index is 444. The maximum absolute atomic E-state index is 12.3. The molecule has 0 aromatic heterocycles. The van der Waals surface area contributed by atoms with Crippen LogP contribution >= 0.6 is 11.8 Å². The molecule has 1 saturated heterocycles. The fourth-order valence-electron chi connectivity index (χ4n) is 2.09. The predicted molar refractivity (Wildman–Crippen MR) is 88.1 cm³/mol. The quantitative estimate of drug-likeness (QED) is 0.451. The maximum atomic E-state index is 12.3. The van der Waals surface area contributed by atoms with Crippen molar-refractivity contribution in [2.24, 2.45) is 0 Å². The number of rotatable bonds is 10. The first-order valence-corrected chi connectivity index (χ1v) is 8.75. The number of carboxylic acid groups (broad SMARTS) is 1. The summed E-state index contributed by atoms with van der Waals surface area (Å²) in [6.07, 6.45) is 3.60. The van der Waals surface area contributed by atoms with E-state index in [1.54, 1.807) is 0 Å². The molecule has 1 aliphatic rings. The van der Waals surface area contributed by atoms with Crippen LogP contribution in [-0.4, -0.2) is 64.7 Å². The van der Waals surface area contributed by atoms with Crippen LogP contribution < -0.4 is 5.32 Å². The monoisotopic (exact) mass is 344 g/mol. The molecule has 1 fully saturated rings. The molecule has 0 saturated carbocycles. The van der Waals surface area contributed by atoms with E-state index in [0.717, 1.165) is 12.8 Å². The average molecular weight is 344 g/mol. The van der Waals surface area contributed by atoms with Crippen molar-refractivity contribution in [1.29, 1.82) is 0 Å². The summed E-state index contributed by atoms with van der Waals surface area (Å²) in [5.41, 5.74) is 0. The summed E-state index contributed by atoms with van der Waals surface area (Å²) in [6.45, 7) is 5.54. The van der Waals surface area contributed by atoms with Crippen LogP contribution in [0, 0.1) is 0 Å². The highest BCUT2D eigenvalue weighted by molar-refractivity contribution is 7.99. The number of amides is 2. The lowest BCUT2D eigenvalue weighted by atomic mass is 10.2. The van der Waals surface area contributed by atoms with E-state index >= 15 is 0 Å². The minimum atomic E-state index is -1.17. The normalized spacial score (nSPS) is 18.5. The van der Waals surface area contributed by atoms with E-state index in [0.29, 0.717) is 18.1 Å². The lowest BCUT2D eigenvalue weighted by molar-refractivity contribution is -0.145. The van der Waals surface area contributed by atoms with Gasteiger partial charge in [0.25, 0.3) is 0 Å². The van der Waals surface area contributed by atoms with Gasteiger partial charge >= 0.3 is 5.97 Å². The van der Waals surface area contributed by atoms with Crippen LogP contribution in [0.1, 0.15) is 26.2 Å². The standard InChI is InChI=1S/C15H24N2O5S/c1-3-5-6-13(18)17-10-23-9-12(17)14(19)16-11(15(20)21)8-22-7-4-2/h4,11-12H,2-3,5-10H2,1H3,(H,16,19)(H,20,21). The molecule has 7 nitrogen and oxygen atoms in total. The Morgan fingerprint density at radius 3 is 2.87 bits per heavy atom. The maximum Gasteiger partial charge on any atom is 0.328 e. The predicted octanol–water partition coefficient (Wildman–Crippen LogP) is 0.850. The van der Waals surface area contributed by atoms with E-state index in [-0.39, 0.29) is 19.1 Å². The number of hydrogen-bond donors (Lipinski definition) is 2. The summed E-state index contributed by atoms with van der Waals surface area (Å²) in [5.74, 6) is -0.743. The highest BCUT2D eigenvalue weighted by Gasteiger charge is 2.35. The molecule has 0 radical (unpaired) electrons. The van der Waals surface area contributed by atoms with Gasteiger partial charge in [0.2, 0.25) is 11.8 Å². The summed E-state index contributed by atoms with van der Waals surface area (Å²) >= 11 is 1.49. The van der Waals surface area contributed by atoms with Crippen molar-refractivity contribution in [3.63, 3.8) is 0 Å². The molecule has 0 aliphatic carbocycles. The Morgan fingerprint density at radius 2 is 2.26 bits per heavy atom. The number of hydrogen-bond acceptors (Lipinski definition) is 5. The molecule has 0 bridgehead atoms. The number of unbranched alkanes of at least 4 members (excludes halogenated alkanes) is 1. The van der Waals surface area contributed by atoms with Crippen LogP contribution in [0.25, 0.3) is 0 Å². The number of nitrogens with zero attached hydrogens (tertiary/aromatic N) is 1. The number of carbonyl (C=O) groups excluding carboxylic acids is 2. The molecule has 1 aliphatic heterocycles. The van der Waals surface area contributed by atoms with Gasteiger partial charge in [0.05, 0.1) is 19.1 Å². The number of nitrogens with one attached hydrogen (secondary N) is 1. The zero-order valence-electron chi connectivity index (χ0n) is 13.3. The number of aliphatic carboxylic acids is 1. The third-order valence-electron chi connectivity index (χ3n) is 3.38. The smallest absolute Gasteiger partial charge is 0.328 e. The van der Waals surface area contributed by atoms with Crippen LogP contribution in [0.15, 0.2) is 12.7 Å². The molecule has 0 aromatic carbocycles. The molecule has 1 rings (SSSR count). The molecule has 0 aromatic rings. The van der Waals surface area contributed by atoms with Crippen molar-refractivity contribution in [3.8, 4) is 0 Å². The van der Waals surface area contributed by atoms with Crippen LogP contribution in [0.3, 0.4) is 0 Å². The molecular formula is C15H24N2O5S. The third-order valence-corrected chi connectivity index (χ3v) is 4.40. The van der Waals surface area contributed by atoms with E-state index in [1.165, 1.54) is 22.7 Å². The summed E-state index contributed by atoms with van der Waals surface area (Å²) in [5, 5.41) is 11.6. The second-order valence-corrected chi connectivity index (χ2v) is 6.21. The minimum absolute atomic E-state index is 0.0632. The first-order valence-electron chi connectivity index (χ1n) is 7.60. The zero-order valence-corrected chi connectivity index (χ0v) is 14.1. The average Bonchev–Trinajstić information content (AvgIpc) is 3.01. The van der Waals surface area contributed by atoms with Crippen molar-refractivity contribution in [1.82, 2.24) is 10.2 Å². The van der Waals surface area contributed by atoms with Gasteiger partial charge in [-0.25, -0.2) is 4.79 Å². The highest BCUT2D eigenvalue weighted by Crippen LogP contribution is 2.22. The second kappa shape index (κ2) is 10.3. The van der Waals surface area contributed by atoms with E-state index < -0.39 is 24.0 Å². The zero-order chi connectivity index (χ0) is 17.2. The fourth-order valence-corrected chi connectivity index (χ4v) is 3.27. The Kier molecular flexibility index (Phi) is 8.71. The first kappa shape index (κ1) is 19.5. The Hall–Kier alpha value is -1.54. The molecule has 0 spiro atoms. The van der Waals surface area contributed by atoms with Gasteiger partial charge in [-0.05, 0) is 6.42 Å². The van der Waals surface area contributed by atoms with Crippen molar-refractivity contribution < 1.29 is 24.2 Å². The Balaban J connectivity index is 2.60. The Labute approximate surface area is 140 Å². The lowest BCUT2D eigenvalue weighted by Crippen LogP contribution is -2.53. The van der Waals surface area contributed by atoms with Gasteiger partial charge in [0.1, 0.15) is 6.04 Å². The highest BCUT2D eigenvalue weighted by atomic mass is 32.2. The van der Waals surface area contributed by atoms with E-state index in [2.05, 4.69) is 11.9 Å². The number of thioether (sulfide) groups is 1. The minimum Gasteiger partial charge on any atom is -0.480 e. The van der Waals surface area contributed by atoms with E-state index in [9.17, 15) is 14.4 Å². The molecule has 2 unspecified atom stereocenters. The number of carboxylic acids is 1. The summed E-state index contributed by atoms with van der Waals surface area (Å²) in [7, 11) is 0. The van der Waals surface area contributed by atoms with Gasteiger partial charge in [-0.3, -0.25) is 9.59 Å². The van der Waals surface area contributed by atoms with Crippen LogP contribution in [0.5, 0.6) is 0 Å². The third kappa shape index (κ3) is 6.23. The largest absolute Gasteiger partial charge is 0.480 e. The molecule has 2 N–H and O–H groups in total. The molecule has 1 heterocycles. The second-order valence-electron chi connectivity index (χ2n) is 5.21. The molecule has 2 amide bonds. The molecule has 23 heavy (non-hydrogen) atoms. The van der Waals surface area contributed by atoms with Gasteiger partial charge in [-0.15, -0.1) is 18.3 Å². The lowest BCUT2D eigenvalue weighted by Gasteiger charge is -2.24. The topological polar surface area (TPSA) is 95.9 Å². The van der Waals surface area contributed by atoms with Crippen molar-refractivity contribution >= 4 is 29.5 Å². The van der Waals surface area contributed by atoms with Gasteiger partial charge in [-0.1, -0.05) is 19.4 Å². The molecule has 8 heteroatoms. The number of ether oxygens (including phenoxy) is 1. The molecular weight excluding hydrogens is 320 g/mol. The van der Waals surface area contributed by atoms with Crippen LogP contribution in [0.2, 0.25) is 0 Å². The molecule has 130 valence electrons. The van der Waals surface area contributed by atoms with Crippen molar-refractivity contribution in [3.05, 3.63) is 12.7 Å². The van der Waals surface area contributed by atoms with Gasteiger partial charge in [-0.2, -0.15) is 0 Å².